The number of hydrogen-bond acceptors (Lipinski definition) is 4. The number of benzene rings is 2. The van der Waals surface area contributed by atoms with Gasteiger partial charge in [-0.3, -0.25) is 9.59 Å². The molecule has 2 aromatic rings. The third-order valence-corrected chi connectivity index (χ3v) is 4.03. The zero-order valence-electron chi connectivity index (χ0n) is 12.3. The van der Waals surface area contributed by atoms with Crippen LogP contribution in [0.5, 0.6) is 0 Å². The highest BCUT2D eigenvalue weighted by Crippen LogP contribution is 2.24. The first-order valence-electron chi connectivity index (χ1n) is 7.02. The van der Waals surface area contributed by atoms with Crippen molar-refractivity contribution in [2.24, 2.45) is 0 Å². The van der Waals surface area contributed by atoms with Crippen molar-refractivity contribution in [3.05, 3.63) is 63.4 Å². The van der Waals surface area contributed by atoms with Gasteiger partial charge in [0.05, 0.1) is 12.0 Å². The van der Waals surface area contributed by atoms with Crippen LogP contribution in [0.25, 0.3) is 0 Å². The number of nitrogens with one attached hydrogen (secondary N) is 1. The van der Waals surface area contributed by atoms with Crippen LogP contribution in [0, 0.1) is 5.82 Å². The molecule has 0 radical (unpaired) electrons. The molecule has 1 heterocycles. The number of halogens is 2. The van der Waals surface area contributed by atoms with Crippen molar-refractivity contribution in [2.75, 3.05) is 11.9 Å². The van der Waals surface area contributed by atoms with Crippen molar-refractivity contribution in [2.45, 2.75) is 6.42 Å². The lowest BCUT2D eigenvalue weighted by Gasteiger charge is -2.07. The van der Waals surface area contributed by atoms with Gasteiger partial charge >= 0.3 is 5.97 Å². The molecule has 0 aliphatic carbocycles. The minimum absolute atomic E-state index is 0.133. The number of carbonyl (C=O) groups is 3. The molecule has 1 amide bonds. The molecule has 0 fully saturated rings. The van der Waals surface area contributed by atoms with Crippen LogP contribution in [-0.2, 0) is 16.0 Å². The monoisotopic (exact) mass is 391 g/mol. The average Bonchev–Trinajstić information content (AvgIpc) is 2.91. The quantitative estimate of drug-likeness (QED) is 0.641. The van der Waals surface area contributed by atoms with E-state index in [-0.39, 0.29) is 17.9 Å². The smallest absolute Gasteiger partial charge is 0.341 e. The molecule has 122 valence electrons. The predicted molar refractivity (Wildman–Crippen MR) is 87.5 cm³/mol. The van der Waals surface area contributed by atoms with Gasteiger partial charge in [0.25, 0.3) is 0 Å². The molecular formula is C17H11BrFNO4. The van der Waals surface area contributed by atoms with E-state index in [1.165, 1.54) is 12.1 Å². The van der Waals surface area contributed by atoms with Crippen molar-refractivity contribution in [1.82, 2.24) is 0 Å². The summed E-state index contributed by atoms with van der Waals surface area (Å²) in [5.41, 5.74) is 1.48. The molecular weight excluding hydrogens is 381 g/mol. The van der Waals surface area contributed by atoms with Gasteiger partial charge in [-0.25, -0.2) is 9.18 Å². The van der Waals surface area contributed by atoms with Crippen molar-refractivity contribution < 1.29 is 23.5 Å². The van der Waals surface area contributed by atoms with Crippen molar-refractivity contribution >= 4 is 39.3 Å². The summed E-state index contributed by atoms with van der Waals surface area (Å²) in [6.07, 6.45) is 0.209. The number of rotatable bonds is 4. The van der Waals surface area contributed by atoms with Crippen LogP contribution >= 0.6 is 15.9 Å². The van der Waals surface area contributed by atoms with E-state index >= 15 is 0 Å². The predicted octanol–water partition coefficient (Wildman–Crippen LogP) is 3.12. The van der Waals surface area contributed by atoms with Crippen LogP contribution in [0.15, 0.2) is 40.9 Å². The number of fused-ring (bicyclic) bond motifs is 1. The van der Waals surface area contributed by atoms with Gasteiger partial charge in [-0.2, -0.15) is 0 Å². The SMILES string of the molecule is O=C1Cc2cc(C(=O)COC(=O)c3ccc(Br)cc3F)ccc2N1. The number of carbonyl (C=O) groups excluding carboxylic acids is 3. The van der Waals surface area contributed by atoms with Gasteiger partial charge in [-0.15, -0.1) is 0 Å². The molecule has 1 aliphatic heterocycles. The minimum Gasteiger partial charge on any atom is -0.454 e. The summed E-state index contributed by atoms with van der Waals surface area (Å²) in [6.45, 7) is -0.505. The van der Waals surface area contributed by atoms with Crippen molar-refractivity contribution in [3.8, 4) is 0 Å². The van der Waals surface area contributed by atoms with Gasteiger partial charge in [-0.1, -0.05) is 15.9 Å². The molecule has 0 spiro atoms. The van der Waals surface area contributed by atoms with E-state index in [1.807, 2.05) is 0 Å². The lowest BCUT2D eigenvalue weighted by molar-refractivity contribution is -0.115. The molecule has 0 atom stereocenters. The fourth-order valence-corrected chi connectivity index (χ4v) is 2.68. The summed E-state index contributed by atoms with van der Waals surface area (Å²) in [4.78, 5) is 35.3. The highest BCUT2D eigenvalue weighted by atomic mass is 79.9. The summed E-state index contributed by atoms with van der Waals surface area (Å²) < 4.78 is 19.1. The lowest BCUT2D eigenvalue weighted by Crippen LogP contribution is -2.15. The number of Topliss-reactive ketones (excluding diaryl/α,β-unsaturated/α-hetero) is 1. The Balaban J connectivity index is 1.66. The first-order valence-corrected chi connectivity index (χ1v) is 7.81. The number of hydrogen-bond donors (Lipinski definition) is 1. The van der Waals surface area contributed by atoms with E-state index in [0.717, 1.165) is 11.6 Å². The van der Waals surface area contributed by atoms with Crippen LogP contribution < -0.4 is 5.32 Å². The standard InChI is InChI=1S/C17H11BrFNO4/c18-11-2-3-12(13(19)7-11)17(23)24-8-15(21)9-1-4-14-10(5-9)6-16(22)20-14/h1-5,7H,6,8H2,(H,20,22). The van der Waals surface area contributed by atoms with Gasteiger partial charge in [0.15, 0.2) is 12.4 Å². The Hall–Kier alpha value is -2.54. The van der Waals surface area contributed by atoms with E-state index in [0.29, 0.717) is 15.7 Å². The topological polar surface area (TPSA) is 72.5 Å². The number of ketones is 1. The average molecular weight is 392 g/mol. The molecule has 1 aliphatic rings. The maximum Gasteiger partial charge on any atom is 0.341 e. The first-order chi connectivity index (χ1) is 11.4. The normalized spacial score (nSPS) is 12.5. The largest absolute Gasteiger partial charge is 0.454 e. The van der Waals surface area contributed by atoms with E-state index in [2.05, 4.69) is 21.2 Å². The summed E-state index contributed by atoms with van der Waals surface area (Å²) in [6, 6.07) is 8.68. The summed E-state index contributed by atoms with van der Waals surface area (Å²) in [7, 11) is 0. The molecule has 0 aromatic heterocycles. The van der Waals surface area contributed by atoms with Crippen molar-refractivity contribution in [1.29, 1.82) is 0 Å². The number of ether oxygens (including phenoxy) is 1. The highest BCUT2D eigenvalue weighted by Gasteiger charge is 2.20. The molecule has 3 rings (SSSR count). The molecule has 7 heteroatoms. The van der Waals surface area contributed by atoms with Gasteiger partial charge in [0, 0.05) is 15.7 Å². The maximum atomic E-state index is 13.7. The van der Waals surface area contributed by atoms with Gasteiger partial charge in [-0.05, 0) is 42.0 Å². The number of amides is 1. The Bertz CT molecular complexity index is 866. The summed E-state index contributed by atoms with van der Waals surface area (Å²) in [5, 5.41) is 2.66. The fourth-order valence-electron chi connectivity index (χ4n) is 2.35. The fraction of sp³-hybridized carbons (Fsp3) is 0.118. The first kappa shape index (κ1) is 16.3. The molecule has 1 N–H and O–H groups in total. The Labute approximate surface area is 144 Å². The van der Waals surface area contributed by atoms with Gasteiger partial charge < -0.3 is 10.1 Å². The third-order valence-electron chi connectivity index (χ3n) is 3.54. The summed E-state index contributed by atoms with van der Waals surface area (Å²) in [5.74, 6) is -2.20. The third kappa shape index (κ3) is 3.35. The van der Waals surface area contributed by atoms with Gasteiger partial charge in [0.1, 0.15) is 5.82 Å². The number of esters is 1. The molecule has 0 saturated heterocycles. The Kier molecular flexibility index (Phi) is 4.44. The second kappa shape index (κ2) is 6.52. The highest BCUT2D eigenvalue weighted by molar-refractivity contribution is 9.10. The second-order valence-corrected chi connectivity index (χ2v) is 6.14. The summed E-state index contributed by atoms with van der Waals surface area (Å²) >= 11 is 3.09. The van der Waals surface area contributed by atoms with E-state index in [1.54, 1.807) is 18.2 Å². The van der Waals surface area contributed by atoms with Crippen LogP contribution in [0.1, 0.15) is 26.3 Å². The van der Waals surface area contributed by atoms with Crippen molar-refractivity contribution in [3.63, 3.8) is 0 Å². The molecule has 0 saturated carbocycles. The Morgan fingerprint density at radius 2 is 2.00 bits per heavy atom. The molecule has 24 heavy (non-hydrogen) atoms. The van der Waals surface area contributed by atoms with Crippen LogP contribution in [0.3, 0.4) is 0 Å². The van der Waals surface area contributed by atoms with E-state index in [9.17, 15) is 18.8 Å². The number of anilines is 1. The Morgan fingerprint density at radius 3 is 2.75 bits per heavy atom. The van der Waals surface area contributed by atoms with Gasteiger partial charge in [0.2, 0.25) is 5.91 Å². The van der Waals surface area contributed by atoms with E-state index in [4.69, 9.17) is 4.74 Å². The second-order valence-electron chi connectivity index (χ2n) is 5.22. The van der Waals surface area contributed by atoms with Crippen LogP contribution in [-0.4, -0.2) is 24.3 Å². The molecule has 0 unspecified atom stereocenters. The molecule has 0 bridgehead atoms. The Morgan fingerprint density at radius 1 is 1.21 bits per heavy atom. The minimum atomic E-state index is -0.911. The molecule has 5 nitrogen and oxygen atoms in total. The lowest BCUT2D eigenvalue weighted by atomic mass is 10.1. The van der Waals surface area contributed by atoms with Crippen LogP contribution in [0.2, 0.25) is 0 Å². The maximum absolute atomic E-state index is 13.7. The van der Waals surface area contributed by atoms with E-state index < -0.39 is 24.2 Å². The molecule has 2 aromatic carbocycles. The zero-order valence-corrected chi connectivity index (χ0v) is 13.9. The van der Waals surface area contributed by atoms with Crippen LogP contribution in [0.4, 0.5) is 10.1 Å². The zero-order chi connectivity index (χ0) is 17.3.